The predicted molar refractivity (Wildman–Crippen MR) is 78.1 cm³/mol. The Bertz CT molecular complexity index is 414. The first-order valence-corrected chi connectivity index (χ1v) is 6.98. The van der Waals surface area contributed by atoms with E-state index >= 15 is 0 Å². The van der Waals surface area contributed by atoms with Gasteiger partial charge in [-0.3, -0.25) is 10.0 Å². The quantitative estimate of drug-likeness (QED) is 0.394. The summed E-state index contributed by atoms with van der Waals surface area (Å²) in [7, 11) is 3.20. The van der Waals surface area contributed by atoms with Crippen LogP contribution in [0.3, 0.4) is 0 Å². The number of rotatable bonds is 10. The lowest BCUT2D eigenvalue weighted by Gasteiger charge is -2.10. The number of ether oxygens (including phenoxy) is 3. The first-order chi connectivity index (χ1) is 10.2. The average molecular weight is 297 g/mol. The molecule has 21 heavy (non-hydrogen) atoms. The fourth-order valence-electron chi connectivity index (χ4n) is 1.85. The number of nitrogens with one attached hydrogen (secondary N) is 1. The second-order valence-electron chi connectivity index (χ2n) is 4.60. The van der Waals surface area contributed by atoms with Gasteiger partial charge in [-0.25, -0.2) is 5.48 Å². The maximum Gasteiger partial charge on any atom is 0.243 e. The van der Waals surface area contributed by atoms with Crippen LogP contribution in [0, 0.1) is 0 Å². The normalized spacial score (nSPS) is 10.0. The van der Waals surface area contributed by atoms with Crippen LogP contribution in [0.2, 0.25) is 0 Å². The molecule has 0 saturated heterocycles. The SMILES string of the molecule is COc1cc(OC)cc(OCCCCCCC(=O)NO)c1. The molecule has 0 aliphatic carbocycles. The van der Waals surface area contributed by atoms with Crippen molar-refractivity contribution in [1.82, 2.24) is 5.48 Å². The smallest absolute Gasteiger partial charge is 0.243 e. The van der Waals surface area contributed by atoms with Gasteiger partial charge in [0, 0.05) is 24.6 Å². The van der Waals surface area contributed by atoms with Crippen molar-refractivity contribution in [2.75, 3.05) is 20.8 Å². The van der Waals surface area contributed by atoms with E-state index in [-0.39, 0.29) is 5.91 Å². The van der Waals surface area contributed by atoms with Crippen molar-refractivity contribution in [2.45, 2.75) is 32.1 Å². The van der Waals surface area contributed by atoms with Crippen LogP contribution in [0.15, 0.2) is 18.2 Å². The molecular formula is C15H23NO5. The van der Waals surface area contributed by atoms with Gasteiger partial charge in [0.25, 0.3) is 0 Å². The van der Waals surface area contributed by atoms with Crippen LogP contribution in [-0.2, 0) is 4.79 Å². The molecule has 1 amide bonds. The third-order valence-electron chi connectivity index (χ3n) is 3.02. The van der Waals surface area contributed by atoms with Gasteiger partial charge in [-0.15, -0.1) is 0 Å². The summed E-state index contributed by atoms with van der Waals surface area (Å²) in [5.74, 6) is 1.76. The summed E-state index contributed by atoms with van der Waals surface area (Å²) in [5, 5.41) is 8.35. The molecule has 0 spiro atoms. The van der Waals surface area contributed by atoms with E-state index in [0.29, 0.717) is 30.3 Å². The van der Waals surface area contributed by atoms with Gasteiger partial charge >= 0.3 is 0 Å². The zero-order chi connectivity index (χ0) is 15.5. The van der Waals surface area contributed by atoms with E-state index in [0.717, 1.165) is 25.7 Å². The summed E-state index contributed by atoms with van der Waals surface area (Å²) in [6.45, 7) is 0.600. The highest BCUT2D eigenvalue weighted by atomic mass is 16.5. The van der Waals surface area contributed by atoms with Crippen molar-refractivity contribution in [3.05, 3.63) is 18.2 Å². The van der Waals surface area contributed by atoms with E-state index < -0.39 is 0 Å². The van der Waals surface area contributed by atoms with E-state index in [2.05, 4.69) is 0 Å². The molecule has 0 heterocycles. The molecule has 0 aromatic heterocycles. The molecule has 1 rings (SSSR count). The molecule has 0 saturated carbocycles. The monoisotopic (exact) mass is 297 g/mol. The number of hydrogen-bond donors (Lipinski definition) is 2. The van der Waals surface area contributed by atoms with Gasteiger partial charge in [-0.1, -0.05) is 12.8 Å². The minimum Gasteiger partial charge on any atom is -0.496 e. The molecule has 0 radical (unpaired) electrons. The summed E-state index contributed by atoms with van der Waals surface area (Å²) in [5.41, 5.74) is 1.62. The highest BCUT2D eigenvalue weighted by Gasteiger charge is 2.03. The topological polar surface area (TPSA) is 77.0 Å². The lowest BCUT2D eigenvalue weighted by Crippen LogP contribution is -2.17. The van der Waals surface area contributed by atoms with Crippen molar-refractivity contribution in [2.24, 2.45) is 0 Å². The number of methoxy groups -OCH3 is 2. The van der Waals surface area contributed by atoms with E-state index in [9.17, 15) is 4.79 Å². The molecule has 0 fully saturated rings. The Morgan fingerprint density at radius 2 is 1.57 bits per heavy atom. The fourth-order valence-corrected chi connectivity index (χ4v) is 1.85. The van der Waals surface area contributed by atoms with Gasteiger partial charge in [-0.2, -0.15) is 0 Å². The molecule has 1 aromatic carbocycles. The van der Waals surface area contributed by atoms with Crippen LogP contribution in [-0.4, -0.2) is 31.9 Å². The second kappa shape index (κ2) is 9.88. The molecule has 0 unspecified atom stereocenters. The minimum absolute atomic E-state index is 0.338. The van der Waals surface area contributed by atoms with Crippen molar-refractivity contribution in [1.29, 1.82) is 0 Å². The van der Waals surface area contributed by atoms with Gasteiger partial charge < -0.3 is 14.2 Å². The van der Waals surface area contributed by atoms with Gasteiger partial charge in [0.1, 0.15) is 17.2 Å². The van der Waals surface area contributed by atoms with Crippen LogP contribution in [0.25, 0.3) is 0 Å². The molecule has 6 nitrogen and oxygen atoms in total. The van der Waals surface area contributed by atoms with Gasteiger partial charge in [-0.05, 0) is 12.8 Å². The lowest BCUT2D eigenvalue weighted by molar-refractivity contribution is -0.129. The lowest BCUT2D eigenvalue weighted by atomic mass is 10.1. The maximum atomic E-state index is 10.8. The Labute approximate surface area is 125 Å². The molecule has 0 aliphatic rings. The Morgan fingerprint density at radius 1 is 1.00 bits per heavy atom. The van der Waals surface area contributed by atoms with Crippen LogP contribution >= 0.6 is 0 Å². The largest absolute Gasteiger partial charge is 0.496 e. The first kappa shape index (κ1) is 17.1. The predicted octanol–water partition coefficient (Wildman–Crippen LogP) is 2.54. The Hall–Kier alpha value is -1.95. The standard InChI is InChI=1S/C15H23NO5/c1-19-12-9-13(20-2)11-14(10-12)21-8-6-4-3-5-7-15(17)16-18/h9-11,18H,3-8H2,1-2H3,(H,16,17). The van der Waals surface area contributed by atoms with E-state index in [4.69, 9.17) is 19.4 Å². The first-order valence-electron chi connectivity index (χ1n) is 6.98. The number of amides is 1. The fraction of sp³-hybridized carbons (Fsp3) is 0.533. The number of hydrogen-bond acceptors (Lipinski definition) is 5. The third kappa shape index (κ3) is 6.85. The van der Waals surface area contributed by atoms with Crippen molar-refractivity contribution < 1.29 is 24.2 Å². The number of benzene rings is 1. The molecule has 6 heteroatoms. The highest BCUT2D eigenvalue weighted by Crippen LogP contribution is 2.27. The number of unbranched alkanes of at least 4 members (excludes halogenated alkanes) is 3. The Morgan fingerprint density at radius 3 is 2.14 bits per heavy atom. The Kier molecular flexibility index (Phi) is 8.04. The van der Waals surface area contributed by atoms with Crippen molar-refractivity contribution in [3.63, 3.8) is 0 Å². The zero-order valence-electron chi connectivity index (χ0n) is 12.6. The minimum atomic E-state index is -0.338. The second-order valence-corrected chi connectivity index (χ2v) is 4.60. The van der Waals surface area contributed by atoms with Crippen LogP contribution < -0.4 is 19.7 Å². The van der Waals surface area contributed by atoms with Crippen LogP contribution in [0.4, 0.5) is 0 Å². The van der Waals surface area contributed by atoms with Crippen LogP contribution in [0.5, 0.6) is 17.2 Å². The molecule has 118 valence electrons. The average Bonchev–Trinajstić information content (AvgIpc) is 2.53. The highest BCUT2D eigenvalue weighted by molar-refractivity contribution is 5.74. The molecule has 1 aromatic rings. The van der Waals surface area contributed by atoms with E-state index in [1.165, 1.54) is 0 Å². The summed E-state index contributed by atoms with van der Waals surface area (Å²) in [6, 6.07) is 5.42. The summed E-state index contributed by atoms with van der Waals surface area (Å²) in [6.07, 6.45) is 3.92. The van der Waals surface area contributed by atoms with Crippen molar-refractivity contribution in [3.8, 4) is 17.2 Å². The molecule has 0 bridgehead atoms. The maximum absolute atomic E-state index is 10.8. The molecule has 2 N–H and O–H groups in total. The summed E-state index contributed by atoms with van der Waals surface area (Å²) >= 11 is 0. The summed E-state index contributed by atoms with van der Waals surface area (Å²) in [4.78, 5) is 10.8. The number of hydroxylamine groups is 1. The molecule has 0 atom stereocenters. The molecule has 0 aliphatic heterocycles. The summed E-state index contributed by atoms with van der Waals surface area (Å²) < 4.78 is 16.0. The zero-order valence-corrected chi connectivity index (χ0v) is 12.6. The van der Waals surface area contributed by atoms with E-state index in [1.54, 1.807) is 25.8 Å². The Balaban J connectivity index is 2.22. The van der Waals surface area contributed by atoms with E-state index in [1.807, 2.05) is 12.1 Å². The van der Waals surface area contributed by atoms with Gasteiger partial charge in [0.15, 0.2) is 0 Å². The third-order valence-corrected chi connectivity index (χ3v) is 3.02. The number of carbonyl (C=O) groups excluding carboxylic acids is 1. The van der Waals surface area contributed by atoms with Crippen LogP contribution in [0.1, 0.15) is 32.1 Å². The van der Waals surface area contributed by atoms with Gasteiger partial charge in [0.2, 0.25) is 5.91 Å². The number of carbonyl (C=O) groups is 1. The van der Waals surface area contributed by atoms with Crippen molar-refractivity contribution >= 4 is 5.91 Å². The van der Waals surface area contributed by atoms with Gasteiger partial charge in [0.05, 0.1) is 20.8 Å². The molecular weight excluding hydrogens is 274 g/mol.